The lowest BCUT2D eigenvalue weighted by Gasteiger charge is -2.57. The average Bonchev–Trinajstić information content (AvgIpc) is 3.22. The van der Waals surface area contributed by atoms with Crippen LogP contribution in [0.15, 0.2) is 22.8 Å². The summed E-state index contributed by atoms with van der Waals surface area (Å²) in [5.41, 5.74) is 0.348. The van der Waals surface area contributed by atoms with E-state index in [0.717, 1.165) is 30.1 Å². The molecule has 0 aromatic carbocycles. The number of nitrogens with one attached hydrogen (secondary N) is 1. The minimum absolute atomic E-state index is 0.0522. The van der Waals surface area contributed by atoms with Crippen molar-refractivity contribution in [2.24, 2.45) is 29.1 Å². The van der Waals surface area contributed by atoms with Gasteiger partial charge in [0.2, 0.25) is 11.8 Å². The van der Waals surface area contributed by atoms with E-state index in [-0.39, 0.29) is 17.7 Å². The Morgan fingerprint density at radius 2 is 1.88 bits per heavy atom. The van der Waals surface area contributed by atoms with E-state index in [9.17, 15) is 9.59 Å². The lowest BCUT2D eigenvalue weighted by Crippen LogP contribution is -2.51. The minimum Gasteiger partial charge on any atom is -0.467 e. The molecule has 4 saturated carbocycles. The van der Waals surface area contributed by atoms with E-state index in [1.54, 1.807) is 11.2 Å². The number of hydrogen-bond acceptors (Lipinski definition) is 3. The number of carbonyl (C=O) groups excluding carboxylic acids is 2. The SMILES string of the molecule is O=C(NCC12CC3CC(CC(C3)C1)C2)[C@H]1CC(=O)N(Cc2ccco2)C1. The molecule has 0 radical (unpaired) electrons. The van der Waals surface area contributed by atoms with Crippen molar-refractivity contribution in [2.45, 2.75) is 51.5 Å². The van der Waals surface area contributed by atoms with Gasteiger partial charge in [-0.15, -0.1) is 0 Å². The molecule has 1 aromatic heterocycles. The van der Waals surface area contributed by atoms with Crippen molar-refractivity contribution < 1.29 is 14.0 Å². The summed E-state index contributed by atoms with van der Waals surface area (Å²) in [7, 11) is 0. The topological polar surface area (TPSA) is 62.6 Å². The van der Waals surface area contributed by atoms with Crippen LogP contribution in [-0.2, 0) is 16.1 Å². The third-order valence-corrected chi connectivity index (χ3v) is 7.31. The van der Waals surface area contributed by atoms with Crippen LogP contribution in [0.4, 0.5) is 0 Å². The Kier molecular flexibility index (Phi) is 3.87. The number of carbonyl (C=O) groups is 2. The Balaban J connectivity index is 1.17. The van der Waals surface area contributed by atoms with Gasteiger partial charge < -0.3 is 14.6 Å². The highest BCUT2D eigenvalue weighted by Gasteiger charge is 2.51. The van der Waals surface area contributed by atoms with Gasteiger partial charge in [-0.3, -0.25) is 9.59 Å². The molecule has 5 heteroatoms. The molecule has 2 amide bonds. The Morgan fingerprint density at radius 3 is 2.50 bits per heavy atom. The Morgan fingerprint density at radius 1 is 1.19 bits per heavy atom. The highest BCUT2D eigenvalue weighted by molar-refractivity contribution is 5.89. The van der Waals surface area contributed by atoms with Crippen molar-refractivity contribution >= 4 is 11.8 Å². The predicted octanol–water partition coefficient (Wildman–Crippen LogP) is 2.96. The van der Waals surface area contributed by atoms with Gasteiger partial charge in [-0.1, -0.05) is 0 Å². The fourth-order valence-corrected chi connectivity index (χ4v) is 6.62. The first-order chi connectivity index (χ1) is 12.6. The second kappa shape index (κ2) is 6.14. The fourth-order valence-electron chi connectivity index (χ4n) is 6.62. The van der Waals surface area contributed by atoms with Gasteiger partial charge in [-0.25, -0.2) is 0 Å². The molecular formula is C21H28N2O3. The largest absolute Gasteiger partial charge is 0.467 e. The molecule has 1 saturated heterocycles. The summed E-state index contributed by atoms with van der Waals surface area (Å²) in [6.45, 7) is 1.79. The summed E-state index contributed by atoms with van der Waals surface area (Å²) in [5.74, 6) is 3.37. The van der Waals surface area contributed by atoms with Crippen molar-refractivity contribution in [1.29, 1.82) is 0 Å². The van der Waals surface area contributed by atoms with Crippen molar-refractivity contribution in [1.82, 2.24) is 10.2 Å². The van der Waals surface area contributed by atoms with Gasteiger partial charge in [-0.05, 0) is 73.8 Å². The number of likely N-dealkylation sites (tertiary alicyclic amines) is 1. The third-order valence-electron chi connectivity index (χ3n) is 7.31. The van der Waals surface area contributed by atoms with Gasteiger partial charge in [0.1, 0.15) is 5.76 Å². The van der Waals surface area contributed by atoms with E-state index in [1.807, 2.05) is 12.1 Å². The molecule has 1 aliphatic heterocycles. The van der Waals surface area contributed by atoms with E-state index in [1.165, 1.54) is 38.5 Å². The molecule has 1 atom stereocenters. The molecule has 5 nitrogen and oxygen atoms in total. The van der Waals surface area contributed by atoms with E-state index >= 15 is 0 Å². The van der Waals surface area contributed by atoms with Crippen LogP contribution in [0, 0.1) is 29.1 Å². The molecule has 2 heterocycles. The molecule has 4 aliphatic carbocycles. The Bertz CT molecular complexity index is 661. The molecule has 0 unspecified atom stereocenters. The molecule has 6 rings (SSSR count). The minimum atomic E-state index is -0.216. The highest BCUT2D eigenvalue weighted by Crippen LogP contribution is 2.59. The molecule has 1 aromatic rings. The second-order valence-electron chi connectivity index (χ2n) is 9.39. The molecule has 0 spiro atoms. The molecule has 4 bridgehead atoms. The van der Waals surface area contributed by atoms with E-state index in [0.29, 0.717) is 24.9 Å². The van der Waals surface area contributed by atoms with Crippen LogP contribution in [0.5, 0.6) is 0 Å². The van der Waals surface area contributed by atoms with Gasteiger partial charge in [0.05, 0.1) is 18.7 Å². The summed E-state index contributed by atoms with van der Waals surface area (Å²) in [5, 5.41) is 3.24. The van der Waals surface area contributed by atoms with Crippen LogP contribution in [0.3, 0.4) is 0 Å². The van der Waals surface area contributed by atoms with E-state index in [4.69, 9.17) is 4.42 Å². The van der Waals surface area contributed by atoms with Crippen molar-refractivity contribution in [3.8, 4) is 0 Å². The number of nitrogens with zero attached hydrogens (tertiary/aromatic N) is 1. The van der Waals surface area contributed by atoms with Crippen molar-refractivity contribution in [3.05, 3.63) is 24.2 Å². The summed E-state index contributed by atoms with van der Waals surface area (Å²) < 4.78 is 5.33. The summed E-state index contributed by atoms with van der Waals surface area (Å²) in [6, 6.07) is 3.69. The summed E-state index contributed by atoms with van der Waals surface area (Å²) in [6.07, 6.45) is 10.1. The van der Waals surface area contributed by atoms with Crippen LogP contribution in [0.2, 0.25) is 0 Å². The first kappa shape index (κ1) is 16.4. The number of furan rings is 1. The molecule has 1 N–H and O–H groups in total. The Labute approximate surface area is 154 Å². The first-order valence-corrected chi connectivity index (χ1v) is 10.2. The zero-order chi connectivity index (χ0) is 17.7. The maximum absolute atomic E-state index is 12.7. The van der Waals surface area contributed by atoms with Gasteiger partial charge in [0, 0.05) is 19.5 Å². The Hall–Kier alpha value is -1.78. The van der Waals surface area contributed by atoms with Gasteiger partial charge in [0.15, 0.2) is 0 Å². The summed E-state index contributed by atoms with van der Waals surface area (Å²) in [4.78, 5) is 26.7. The van der Waals surface area contributed by atoms with Crippen LogP contribution in [-0.4, -0.2) is 29.8 Å². The van der Waals surface area contributed by atoms with Crippen LogP contribution in [0.1, 0.15) is 50.7 Å². The molecule has 140 valence electrons. The predicted molar refractivity (Wildman–Crippen MR) is 95.8 cm³/mol. The smallest absolute Gasteiger partial charge is 0.225 e. The van der Waals surface area contributed by atoms with Crippen molar-refractivity contribution in [2.75, 3.05) is 13.1 Å². The maximum Gasteiger partial charge on any atom is 0.225 e. The van der Waals surface area contributed by atoms with Gasteiger partial charge in [-0.2, -0.15) is 0 Å². The quantitative estimate of drug-likeness (QED) is 0.882. The number of hydrogen-bond donors (Lipinski definition) is 1. The number of amides is 2. The van der Waals surface area contributed by atoms with Crippen LogP contribution < -0.4 is 5.32 Å². The van der Waals surface area contributed by atoms with Crippen LogP contribution in [0.25, 0.3) is 0 Å². The lowest BCUT2D eigenvalue weighted by atomic mass is 9.49. The standard InChI is InChI=1S/C21H28N2O3/c24-19-7-17(11-23(19)12-18-2-1-3-26-18)20(25)22-13-21-8-14-4-15(9-21)6-16(5-14)10-21/h1-3,14-17H,4-13H2,(H,22,25)/t14?,15?,16?,17-,21?/m0/s1. The lowest BCUT2D eigenvalue weighted by molar-refractivity contribution is -0.129. The van der Waals surface area contributed by atoms with Crippen LogP contribution >= 0.6 is 0 Å². The average molecular weight is 356 g/mol. The normalized spacial score (nSPS) is 38.2. The monoisotopic (exact) mass is 356 g/mol. The molecular weight excluding hydrogens is 328 g/mol. The highest BCUT2D eigenvalue weighted by atomic mass is 16.3. The second-order valence-corrected chi connectivity index (χ2v) is 9.39. The van der Waals surface area contributed by atoms with Gasteiger partial charge >= 0.3 is 0 Å². The zero-order valence-electron chi connectivity index (χ0n) is 15.3. The molecule has 26 heavy (non-hydrogen) atoms. The number of rotatable bonds is 5. The van der Waals surface area contributed by atoms with Crippen molar-refractivity contribution in [3.63, 3.8) is 0 Å². The zero-order valence-corrected chi connectivity index (χ0v) is 15.3. The molecule has 5 aliphatic rings. The molecule has 5 fully saturated rings. The van der Waals surface area contributed by atoms with E-state index in [2.05, 4.69) is 5.32 Å². The fraction of sp³-hybridized carbons (Fsp3) is 0.714. The maximum atomic E-state index is 12.7. The first-order valence-electron chi connectivity index (χ1n) is 10.2. The van der Waals surface area contributed by atoms with E-state index < -0.39 is 0 Å². The third kappa shape index (κ3) is 2.95. The van der Waals surface area contributed by atoms with Gasteiger partial charge in [0.25, 0.3) is 0 Å². The summed E-state index contributed by atoms with van der Waals surface area (Å²) >= 11 is 0.